The van der Waals surface area contributed by atoms with E-state index in [1.54, 1.807) is 24.3 Å². The molecular weight excluding hydrogens is 492 g/mol. The lowest BCUT2D eigenvalue weighted by Gasteiger charge is -2.26. The van der Waals surface area contributed by atoms with Crippen molar-refractivity contribution in [2.24, 2.45) is 0 Å². The summed E-state index contributed by atoms with van der Waals surface area (Å²) >= 11 is 0. The minimum atomic E-state index is -0.731. The van der Waals surface area contributed by atoms with Gasteiger partial charge in [-0.3, -0.25) is 9.59 Å². The van der Waals surface area contributed by atoms with Crippen LogP contribution in [0.3, 0.4) is 0 Å². The Hall–Kier alpha value is -4.36. The van der Waals surface area contributed by atoms with Gasteiger partial charge in [-0.2, -0.15) is 0 Å². The number of aliphatic hydroxyl groups is 1. The Morgan fingerprint density at radius 3 is 2.38 bits per heavy atom. The third-order valence-electron chi connectivity index (χ3n) is 6.58. The zero-order valence-electron chi connectivity index (χ0n) is 22.6. The molecule has 7 heteroatoms. The SMILES string of the molecule is C=CCOc1ccc(/C(O)=C2\C(=O)C(=O)N(CCN(C)C)C2c2ccc(OCc3ccccc3)cc2)cc1C. The van der Waals surface area contributed by atoms with E-state index < -0.39 is 17.7 Å². The Kier molecular flexibility index (Phi) is 8.84. The van der Waals surface area contributed by atoms with Crippen molar-refractivity contribution < 1.29 is 24.2 Å². The molecule has 1 amide bonds. The second kappa shape index (κ2) is 12.5. The number of likely N-dealkylation sites (N-methyl/N-ethyl adjacent to an activating group) is 1. The Morgan fingerprint density at radius 1 is 1.03 bits per heavy atom. The first-order valence-corrected chi connectivity index (χ1v) is 12.8. The number of carbonyl (C=O) groups excluding carboxylic acids is 2. The average Bonchev–Trinajstić information content (AvgIpc) is 3.19. The van der Waals surface area contributed by atoms with Gasteiger partial charge < -0.3 is 24.4 Å². The summed E-state index contributed by atoms with van der Waals surface area (Å²) in [5.74, 6) is -0.228. The van der Waals surface area contributed by atoms with Crippen LogP contribution in [0.4, 0.5) is 0 Å². The van der Waals surface area contributed by atoms with Gasteiger partial charge in [0.15, 0.2) is 0 Å². The molecule has 1 aliphatic heterocycles. The molecule has 1 saturated heterocycles. The van der Waals surface area contributed by atoms with Crippen molar-refractivity contribution in [3.8, 4) is 11.5 Å². The van der Waals surface area contributed by atoms with Crippen LogP contribution in [-0.2, 0) is 16.2 Å². The molecule has 3 aromatic carbocycles. The predicted octanol–water partition coefficient (Wildman–Crippen LogP) is 5.12. The minimum absolute atomic E-state index is 0.0656. The summed E-state index contributed by atoms with van der Waals surface area (Å²) in [4.78, 5) is 29.9. The van der Waals surface area contributed by atoms with Crippen LogP contribution >= 0.6 is 0 Å². The molecular formula is C32H34N2O5. The number of aliphatic hydroxyl groups excluding tert-OH is 1. The predicted molar refractivity (Wildman–Crippen MR) is 152 cm³/mol. The van der Waals surface area contributed by atoms with E-state index in [1.165, 1.54) is 4.90 Å². The van der Waals surface area contributed by atoms with E-state index in [9.17, 15) is 14.7 Å². The zero-order valence-corrected chi connectivity index (χ0v) is 22.6. The molecule has 0 radical (unpaired) electrons. The van der Waals surface area contributed by atoms with E-state index in [1.807, 2.05) is 80.5 Å². The van der Waals surface area contributed by atoms with Crippen molar-refractivity contribution in [2.45, 2.75) is 19.6 Å². The van der Waals surface area contributed by atoms with E-state index >= 15 is 0 Å². The van der Waals surface area contributed by atoms with Gasteiger partial charge in [-0.05, 0) is 68.0 Å². The number of hydrogen-bond donors (Lipinski definition) is 1. The molecule has 1 heterocycles. The van der Waals surface area contributed by atoms with E-state index in [0.29, 0.717) is 48.9 Å². The molecule has 0 aromatic heterocycles. The highest BCUT2D eigenvalue weighted by Crippen LogP contribution is 2.40. The summed E-state index contributed by atoms with van der Waals surface area (Å²) in [7, 11) is 3.81. The summed E-state index contributed by atoms with van der Waals surface area (Å²) in [6.07, 6.45) is 1.65. The molecule has 0 saturated carbocycles. The molecule has 1 aliphatic rings. The second-order valence-corrected chi connectivity index (χ2v) is 9.72. The highest BCUT2D eigenvalue weighted by atomic mass is 16.5. The molecule has 1 N–H and O–H groups in total. The first-order valence-electron chi connectivity index (χ1n) is 12.8. The lowest BCUT2D eigenvalue weighted by Crippen LogP contribution is -2.35. The Morgan fingerprint density at radius 2 is 1.74 bits per heavy atom. The lowest BCUT2D eigenvalue weighted by molar-refractivity contribution is -0.140. The molecule has 4 rings (SSSR count). The van der Waals surface area contributed by atoms with E-state index in [0.717, 1.165) is 11.1 Å². The maximum atomic E-state index is 13.3. The molecule has 202 valence electrons. The van der Waals surface area contributed by atoms with E-state index in [2.05, 4.69) is 6.58 Å². The number of ether oxygens (including phenoxy) is 2. The smallest absolute Gasteiger partial charge is 0.295 e. The van der Waals surface area contributed by atoms with Gasteiger partial charge in [0.2, 0.25) is 0 Å². The summed E-state index contributed by atoms with van der Waals surface area (Å²) in [6.45, 7) is 7.20. The van der Waals surface area contributed by atoms with Crippen molar-refractivity contribution in [2.75, 3.05) is 33.8 Å². The van der Waals surface area contributed by atoms with Crippen molar-refractivity contribution in [1.29, 1.82) is 0 Å². The van der Waals surface area contributed by atoms with Gasteiger partial charge in [0, 0.05) is 18.7 Å². The lowest BCUT2D eigenvalue weighted by atomic mass is 9.94. The van der Waals surface area contributed by atoms with Gasteiger partial charge in [0.25, 0.3) is 11.7 Å². The fourth-order valence-corrected chi connectivity index (χ4v) is 4.52. The van der Waals surface area contributed by atoms with Gasteiger partial charge in [0.05, 0.1) is 11.6 Å². The van der Waals surface area contributed by atoms with Crippen molar-refractivity contribution in [1.82, 2.24) is 9.80 Å². The number of hydrogen-bond acceptors (Lipinski definition) is 6. The van der Waals surface area contributed by atoms with E-state index in [-0.39, 0.29) is 11.3 Å². The largest absolute Gasteiger partial charge is 0.507 e. The topological polar surface area (TPSA) is 79.3 Å². The Labute approximate surface area is 229 Å². The Balaban J connectivity index is 1.68. The monoisotopic (exact) mass is 526 g/mol. The number of benzene rings is 3. The molecule has 7 nitrogen and oxygen atoms in total. The van der Waals surface area contributed by atoms with Crippen LogP contribution in [0.15, 0.2) is 91.0 Å². The number of rotatable bonds is 11. The van der Waals surface area contributed by atoms with Crippen molar-refractivity contribution >= 4 is 17.4 Å². The molecule has 3 aromatic rings. The first-order chi connectivity index (χ1) is 18.8. The van der Waals surface area contributed by atoms with Crippen molar-refractivity contribution in [3.05, 3.63) is 113 Å². The van der Waals surface area contributed by atoms with Gasteiger partial charge in [0.1, 0.15) is 30.5 Å². The van der Waals surface area contributed by atoms with Crippen molar-refractivity contribution in [3.63, 3.8) is 0 Å². The Bertz CT molecular complexity index is 1360. The number of likely N-dealkylation sites (tertiary alicyclic amines) is 1. The van der Waals surface area contributed by atoms with Crippen LogP contribution in [0.2, 0.25) is 0 Å². The van der Waals surface area contributed by atoms with E-state index in [4.69, 9.17) is 9.47 Å². The molecule has 0 bridgehead atoms. The van der Waals surface area contributed by atoms with Crippen LogP contribution < -0.4 is 9.47 Å². The molecule has 39 heavy (non-hydrogen) atoms. The second-order valence-electron chi connectivity index (χ2n) is 9.72. The molecule has 1 fully saturated rings. The molecule has 0 spiro atoms. The average molecular weight is 527 g/mol. The minimum Gasteiger partial charge on any atom is -0.507 e. The fraction of sp³-hybridized carbons (Fsp3) is 0.250. The number of ketones is 1. The quantitative estimate of drug-likeness (QED) is 0.162. The maximum absolute atomic E-state index is 13.3. The molecule has 1 atom stereocenters. The number of carbonyl (C=O) groups is 2. The highest BCUT2D eigenvalue weighted by molar-refractivity contribution is 6.46. The normalized spacial score (nSPS) is 16.5. The van der Waals surface area contributed by atoms with Gasteiger partial charge >= 0.3 is 0 Å². The third-order valence-corrected chi connectivity index (χ3v) is 6.58. The number of nitrogens with zero attached hydrogens (tertiary/aromatic N) is 2. The highest BCUT2D eigenvalue weighted by Gasteiger charge is 2.45. The maximum Gasteiger partial charge on any atom is 0.295 e. The standard InChI is InChI=1S/C32H34N2O5/c1-5-19-38-27-16-13-25(20-22(27)2)30(35)28-29(34(18-17-33(3)4)32(37)31(28)36)24-11-14-26(15-12-24)39-21-23-9-7-6-8-10-23/h5-16,20,29,35H,1,17-19,21H2,2-4H3/b30-28+. The fourth-order valence-electron chi connectivity index (χ4n) is 4.52. The van der Waals surface area contributed by atoms with Gasteiger partial charge in [-0.15, -0.1) is 0 Å². The number of amides is 1. The third kappa shape index (κ3) is 6.38. The number of aryl methyl sites for hydroxylation is 1. The first kappa shape index (κ1) is 27.7. The summed E-state index contributed by atoms with van der Waals surface area (Å²) in [5, 5.41) is 11.4. The van der Waals surface area contributed by atoms with Crippen LogP contribution in [0.25, 0.3) is 5.76 Å². The summed E-state index contributed by atoms with van der Waals surface area (Å²) in [5.41, 5.74) is 3.06. The van der Waals surface area contributed by atoms with Crippen LogP contribution in [0.1, 0.15) is 28.3 Å². The number of Topliss-reactive ketones (excluding diaryl/α,β-unsaturated/α-hetero) is 1. The van der Waals surface area contributed by atoms with Gasteiger partial charge in [-0.25, -0.2) is 0 Å². The van der Waals surface area contributed by atoms with Crippen LogP contribution in [0, 0.1) is 6.92 Å². The molecule has 0 aliphatic carbocycles. The zero-order chi connectivity index (χ0) is 27.9. The summed E-state index contributed by atoms with van der Waals surface area (Å²) < 4.78 is 11.6. The molecule has 1 unspecified atom stereocenters. The van der Waals surface area contributed by atoms with Crippen LogP contribution in [-0.4, -0.2) is 60.4 Å². The van der Waals surface area contributed by atoms with Gasteiger partial charge in [-0.1, -0.05) is 55.1 Å². The summed E-state index contributed by atoms with van der Waals surface area (Å²) in [6, 6.07) is 21.6. The van der Waals surface area contributed by atoms with Crippen LogP contribution in [0.5, 0.6) is 11.5 Å².